The number of carbonyl (C=O) groups is 1. The predicted octanol–water partition coefficient (Wildman–Crippen LogP) is 3.59. The lowest BCUT2D eigenvalue weighted by atomic mass is 10.2. The first-order valence-corrected chi connectivity index (χ1v) is 9.06. The highest BCUT2D eigenvalue weighted by molar-refractivity contribution is 7.99. The zero-order valence-corrected chi connectivity index (χ0v) is 16.0. The molecule has 0 saturated heterocycles. The number of nitro groups is 1. The van der Waals surface area contributed by atoms with Gasteiger partial charge in [0.1, 0.15) is 5.82 Å². The van der Waals surface area contributed by atoms with Crippen molar-refractivity contribution in [1.82, 2.24) is 20.6 Å². The molecular weight excluding hydrogens is 404 g/mol. The summed E-state index contributed by atoms with van der Waals surface area (Å²) in [4.78, 5) is 27.4. The smallest absolute Gasteiger partial charge is 0.267 e. The Hall–Kier alpha value is -3.24. The van der Waals surface area contributed by atoms with Crippen LogP contribution in [0.25, 0.3) is 0 Å². The molecule has 0 aliphatic heterocycles. The first-order chi connectivity index (χ1) is 13.4. The van der Waals surface area contributed by atoms with Crippen molar-refractivity contribution in [1.29, 1.82) is 0 Å². The molecule has 0 fully saturated rings. The molecule has 0 aliphatic carbocycles. The molecule has 1 heterocycles. The number of benzene rings is 2. The van der Waals surface area contributed by atoms with Crippen LogP contribution < -0.4 is 5.43 Å². The quantitative estimate of drug-likeness (QED) is 0.359. The third-order valence-electron chi connectivity index (χ3n) is 3.42. The molecule has 9 nitrogen and oxygen atoms in total. The summed E-state index contributed by atoms with van der Waals surface area (Å²) in [6.07, 6.45) is 1.32. The SMILES string of the molecule is Cc1nc(Sc2ccc(C=NNC(=O)c3cccc(Cl)c3)cc2[N+](=O)[O-])n[nH]1. The molecule has 2 aromatic carbocycles. The number of carbonyl (C=O) groups excluding carboxylic acids is 1. The number of nitrogens with zero attached hydrogens (tertiary/aromatic N) is 4. The Morgan fingerprint density at radius 2 is 2.18 bits per heavy atom. The topological polar surface area (TPSA) is 126 Å². The third-order valence-corrected chi connectivity index (χ3v) is 4.59. The summed E-state index contributed by atoms with van der Waals surface area (Å²) < 4.78 is 0. The summed E-state index contributed by atoms with van der Waals surface area (Å²) in [6.45, 7) is 1.74. The minimum atomic E-state index is -0.496. The first-order valence-electron chi connectivity index (χ1n) is 7.86. The molecule has 0 saturated carbocycles. The Morgan fingerprint density at radius 3 is 2.86 bits per heavy atom. The molecule has 3 rings (SSSR count). The van der Waals surface area contributed by atoms with Gasteiger partial charge >= 0.3 is 0 Å². The molecule has 0 atom stereocenters. The van der Waals surface area contributed by atoms with Crippen molar-refractivity contribution in [3.05, 3.63) is 74.6 Å². The van der Waals surface area contributed by atoms with Gasteiger partial charge in [0.05, 0.1) is 16.0 Å². The van der Waals surface area contributed by atoms with E-state index in [1.165, 1.54) is 18.3 Å². The summed E-state index contributed by atoms with van der Waals surface area (Å²) in [5.74, 6) is 0.171. The van der Waals surface area contributed by atoms with Gasteiger partial charge in [0, 0.05) is 22.2 Å². The predicted molar refractivity (Wildman–Crippen MR) is 105 cm³/mol. The van der Waals surface area contributed by atoms with Crippen LogP contribution in [0, 0.1) is 17.0 Å². The Kier molecular flexibility index (Phi) is 6.02. The van der Waals surface area contributed by atoms with Crippen molar-refractivity contribution in [3.8, 4) is 0 Å². The Labute approximate surface area is 168 Å². The van der Waals surface area contributed by atoms with Gasteiger partial charge in [0.25, 0.3) is 11.6 Å². The minimum Gasteiger partial charge on any atom is -0.267 e. The Morgan fingerprint density at radius 1 is 1.36 bits per heavy atom. The van der Waals surface area contributed by atoms with E-state index >= 15 is 0 Å². The maximum atomic E-state index is 12.0. The number of nitrogens with one attached hydrogen (secondary N) is 2. The molecule has 0 aliphatic rings. The third kappa shape index (κ3) is 4.93. The number of aromatic nitrogens is 3. The zero-order valence-electron chi connectivity index (χ0n) is 14.4. The van der Waals surface area contributed by atoms with Crippen molar-refractivity contribution >= 4 is 41.2 Å². The molecule has 1 amide bonds. The van der Waals surface area contributed by atoms with E-state index in [2.05, 4.69) is 25.7 Å². The number of rotatable bonds is 6. The van der Waals surface area contributed by atoms with Crippen LogP contribution in [0.5, 0.6) is 0 Å². The zero-order chi connectivity index (χ0) is 20.1. The number of H-pyrrole nitrogens is 1. The van der Waals surface area contributed by atoms with E-state index in [1.54, 1.807) is 37.3 Å². The molecule has 0 radical (unpaired) electrons. The number of aromatic amines is 1. The largest absolute Gasteiger partial charge is 0.283 e. The highest BCUT2D eigenvalue weighted by atomic mass is 35.5. The summed E-state index contributed by atoms with van der Waals surface area (Å²) in [5, 5.41) is 22.7. The molecule has 0 unspecified atom stereocenters. The van der Waals surface area contributed by atoms with Crippen LogP contribution in [0.3, 0.4) is 0 Å². The maximum absolute atomic E-state index is 12.0. The number of hydrogen-bond donors (Lipinski definition) is 2. The van der Waals surface area contributed by atoms with Gasteiger partial charge in [0.2, 0.25) is 5.16 Å². The van der Waals surface area contributed by atoms with E-state index in [0.29, 0.717) is 32.0 Å². The van der Waals surface area contributed by atoms with Crippen molar-refractivity contribution in [3.63, 3.8) is 0 Å². The van der Waals surface area contributed by atoms with Gasteiger partial charge in [-0.1, -0.05) is 23.7 Å². The van der Waals surface area contributed by atoms with Crippen molar-refractivity contribution in [2.24, 2.45) is 5.10 Å². The van der Waals surface area contributed by atoms with Crippen LogP contribution >= 0.6 is 23.4 Å². The van der Waals surface area contributed by atoms with Crippen molar-refractivity contribution in [2.45, 2.75) is 17.0 Å². The van der Waals surface area contributed by atoms with Crippen LogP contribution in [-0.4, -0.2) is 32.2 Å². The molecule has 142 valence electrons. The second-order valence-corrected chi connectivity index (χ2v) is 6.94. The highest BCUT2D eigenvalue weighted by Crippen LogP contribution is 2.33. The van der Waals surface area contributed by atoms with Gasteiger partial charge in [-0.15, -0.1) is 5.10 Å². The number of amides is 1. The highest BCUT2D eigenvalue weighted by Gasteiger charge is 2.17. The number of halogens is 1. The molecule has 0 spiro atoms. The van der Waals surface area contributed by atoms with Crippen LogP contribution in [0.2, 0.25) is 5.02 Å². The molecule has 2 N–H and O–H groups in total. The van der Waals surface area contributed by atoms with Crippen LogP contribution in [0.15, 0.2) is 57.6 Å². The average Bonchev–Trinajstić information content (AvgIpc) is 3.07. The van der Waals surface area contributed by atoms with Gasteiger partial charge in [-0.3, -0.25) is 20.0 Å². The molecule has 3 aromatic rings. The van der Waals surface area contributed by atoms with E-state index in [4.69, 9.17) is 11.6 Å². The van der Waals surface area contributed by atoms with Gasteiger partial charge in [-0.05, 0) is 43.0 Å². The normalized spacial score (nSPS) is 10.9. The number of aryl methyl sites for hydroxylation is 1. The number of nitro benzene ring substituents is 1. The van der Waals surface area contributed by atoms with Gasteiger partial charge < -0.3 is 0 Å². The Balaban J connectivity index is 1.73. The molecule has 28 heavy (non-hydrogen) atoms. The van der Waals surface area contributed by atoms with Gasteiger partial charge in [-0.25, -0.2) is 10.4 Å². The van der Waals surface area contributed by atoms with Crippen LogP contribution in [-0.2, 0) is 0 Å². The van der Waals surface area contributed by atoms with E-state index in [0.717, 1.165) is 11.8 Å². The van der Waals surface area contributed by atoms with Crippen LogP contribution in [0.4, 0.5) is 5.69 Å². The summed E-state index contributed by atoms with van der Waals surface area (Å²) in [5.41, 5.74) is 3.04. The van der Waals surface area contributed by atoms with E-state index in [1.807, 2.05) is 0 Å². The maximum Gasteiger partial charge on any atom is 0.283 e. The van der Waals surface area contributed by atoms with Gasteiger partial charge in [0.15, 0.2) is 0 Å². The van der Waals surface area contributed by atoms with E-state index in [-0.39, 0.29) is 5.69 Å². The molecule has 1 aromatic heterocycles. The van der Waals surface area contributed by atoms with Gasteiger partial charge in [-0.2, -0.15) is 5.10 Å². The number of hydrogen-bond acceptors (Lipinski definition) is 7. The number of hydrazone groups is 1. The second kappa shape index (κ2) is 8.63. The molecular formula is C17H13ClN6O3S. The fourth-order valence-electron chi connectivity index (χ4n) is 2.17. The fourth-order valence-corrected chi connectivity index (χ4v) is 3.20. The van der Waals surface area contributed by atoms with Crippen molar-refractivity contribution in [2.75, 3.05) is 0 Å². The standard InChI is InChI=1S/C17H13ClN6O3S/c1-10-20-17(23-21-10)28-15-6-5-11(7-14(15)24(26)27)9-19-22-16(25)12-3-2-4-13(18)8-12/h2-9H,1H3,(H,22,25)(H,20,21,23). The lowest BCUT2D eigenvalue weighted by Gasteiger charge is -2.02. The van der Waals surface area contributed by atoms with E-state index < -0.39 is 10.8 Å². The van der Waals surface area contributed by atoms with Crippen LogP contribution in [0.1, 0.15) is 21.7 Å². The lowest BCUT2D eigenvalue weighted by molar-refractivity contribution is -0.387. The lowest BCUT2D eigenvalue weighted by Crippen LogP contribution is -2.17. The summed E-state index contributed by atoms with van der Waals surface area (Å²) >= 11 is 6.92. The minimum absolute atomic E-state index is 0.113. The first kappa shape index (κ1) is 19.5. The fraction of sp³-hybridized carbons (Fsp3) is 0.0588. The summed E-state index contributed by atoms with van der Waals surface area (Å²) in [6, 6.07) is 11.0. The second-order valence-electron chi connectivity index (χ2n) is 5.50. The molecule has 11 heteroatoms. The Bertz CT molecular complexity index is 1070. The summed E-state index contributed by atoms with van der Waals surface area (Å²) in [7, 11) is 0. The monoisotopic (exact) mass is 416 g/mol. The van der Waals surface area contributed by atoms with Crippen molar-refractivity contribution < 1.29 is 9.72 Å². The average molecular weight is 417 g/mol. The molecule has 0 bridgehead atoms. The van der Waals surface area contributed by atoms with E-state index in [9.17, 15) is 14.9 Å².